The third kappa shape index (κ3) is 3.85. The van der Waals surface area contributed by atoms with Crippen molar-refractivity contribution in [3.8, 4) is 11.4 Å². The first-order valence-corrected chi connectivity index (χ1v) is 11.3. The van der Waals surface area contributed by atoms with Crippen LogP contribution in [0.2, 0.25) is 0 Å². The van der Waals surface area contributed by atoms with E-state index in [1.807, 2.05) is 54.9 Å². The largest absolute Gasteiger partial charge is 0.506 e. The number of hydrogen-bond acceptors (Lipinski definition) is 4. The zero-order chi connectivity index (χ0) is 22.9. The Morgan fingerprint density at radius 2 is 1.85 bits per heavy atom. The van der Waals surface area contributed by atoms with Crippen molar-refractivity contribution in [2.45, 2.75) is 32.5 Å². The molecule has 0 aliphatic carbocycles. The van der Waals surface area contributed by atoms with Crippen LogP contribution in [0.3, 0.4) is 0 Å². The van der Waals surface area contributed by atoms with Crippen LogP contribution in [-0.4, -0.2) is 29.7 Å². The van der Waals surface area contributed by atoms with E-state index in [2.05, 4.69) is 50.7 Å². The summed E-state index contributed by atoms with van der Waals surface area (Å²) in [6.45, 7) is 4.78. The van der Waals surface area contributed by atoms with Gasteiger partial charge in [0.2, 0.25) is 0 Å². The van der Waals surface area contributed by atoms with Crippen molar-refractivity contribution in [3.63, 3.8) is 0 Å². The van der Waals surface area contributed by atoms with Gasteiger partial charge < -0.3 is 19.9 Å². The monoisotopic (exact) mass is 455 g/mol. The number of aromatic hydroxyl groups is 1. The van der Waals surface area contributed by atoms with Crippen LogP contribution in [-0.2, 0) is 6.54 Å². The quantitative estimate of drug-likeness (QED) is 0.423. The molecule has 3 aromatic heterocycles. The fourth-order valence-corrected chi connectivity index (χ4v) is 5.02. The van der Waals surface area contributed by atoms with Crippen molar-refractivity contribution in [2.24, 2.45) is 0 Å². The molecule has 0 radical (unpaired) electrons. The molecule has 0 saturated carbocycles. The molecule has 4 aromatic rings. The van der Waals surface area contributed by atoms with Gasteiger partial charge in [0.05, 0.1) is 23.5 Å². The minimum Gasteiger partial charge on any atom is -0.506 e. The van der Waals surface area contributed by atoms with Crippen molar-refractivity contribution >= 4 is 17.3 Å². The number of phenols is 1. The van der Waals surface area contributed by atoms with Gasteiger partial charge in [-0.1, -0.05) is 24.3 Å². The van der Waals surface area contributed by atoms with E-state index in [-0.39, 0.29) is 17.8 Å². The second-order valence-electron chi connectivity index (χ2n) is 8.27. The van der Waals surface area contributed by atoms with E-state index >= 15 is 0 Å². The van der Waals surface area contributed by atoms with E-state index in [4.69, 9.17) is 12.2 Å². The fraction of sp³-hybridized carbons (Fsp3) is 0.192. The lowest BCUT2D eigenvalue weighted by molar-refractivity contribution is 0.310. The first kappa shape index (κ1) is 21.2. The number of para-hydroxylation sites is 2. The zero-order valence-corrected chi connectivity index (χ0v) is 19.3. The molecule has 0 spiro atoms. The minimum atomic E-state index is -0.103. The number of benzene rings is 1. The van der Waals surface area contributed by atoms with Gasteiger partial charge in [0.15, 0.2) is 5.11 Å². The molecular formula is C26H25N5OS. The second-order valence-corrected chi connectivity index (χ2v) is 8.65. The Morgan fingerprint density at radius 3 is 2.58 bits per heavy atom. The Bertz CT molecular complexity index is 1290. The molecule has 4 heterocycles. The first-order valence-electron chi connectivity index (χ1n) is 10.9. The molecule has 166 valence electrons. The summed E-state index contributed by atoms with van der Waals surface area (Å²) in [5.74, 6) is 0.249. The third-order valence-corrected chi connectivity index (χ3v) is 6.54. The summed E-state index contributed by atoms with van der Waals surface area (Å²) >= 11 is 5.81. The highest BCUT2D eigenvalue weighted by Gasteiger charge is 2.41. The Labute approximate surface area is 198 Å². The smallest absolute Gasteiger partial charge is 0.170 e. The van der Waals surface area contributed by atoms with Gasteiger partial charge in [-0.15, -0.1) is 0 Å². The number of thiocarbonyl (C=S) groups is 1. The molecule has 1 saturated heterocycles. The maximum Gasteiger partial charge on any atom is 0.170 e. The second kappa shape index (κ2) is 8.67. The molecule has 1 aliphatic heterocycles. The van der Waals surface area contributed by atoms with Crippen LogP contribution in [0.25, 0.3) is 5.69 Å². The number of phenolic OH excluding ortho intramolecular Hbond substituents is 1. The molecule has 2 atom stereocenters. The normalized spacial score (nSPS) is 17.9. The maximum atomic E-state index is 10.5. The van der Waals surface area contributed by atoms with Crippen LogP contribution in [0, 0.1) is 13.8 Å². The number of nitrogens with one attached hydrogen (secondary N) is 1. The van der Waals surface area contributed by atoms with E-state index in [0.717, 1.165) is 33.9 Å². The van der Waals surface area contributed by atoms with Crippen molar-refractivity contribution < 1.29 is 5.11 Å². The van der Waals surface area contributed by atoms with E-state index in [9.17, 15) is 5.11 Å². The van der Waals surface area contributed by atoms with Crippen LogP contribution in [0.15, 0.2) is 79.3 Å². The standard InChI is InChI=1S/C26H25N5OS/c1-17-14-20(18(2)31(17)22-10-3-4-11-23(22)32)25-24(21-9-5-6-13-28-21)29-26(33)30(25)16-19-8-7-12-27-15-19/h3-15,24-25,32H,16H2,1-2H3,(H,29,33)/t24-,25+/m0/s1. The van der Waals surface area contributed by atoms with Crippen molar-refractivity contribution in [3.05, 3.63) is 107 Å². The maximum absolute atomic E-state index is 10.5. The molecule has 1 aliphatic rings. The highest BCUT2D eigenvalue weighted by Crippen LogP contribution is 2.42. The van der Waals surface area contributed by atoms with Gasteiger partial charge >= 0.3 is 0 Å². The van der Waals surface area contributed by atoms with Gasteiger partial charge in [-0.25, -0.2) is 0 Å². The molecule has 1 fully saturated rings. The highest BCUT2D eigenvalue weighted by molar-refractivity contribution is 7.80. The summed E-state index contributed by atoms with van der Waals surface area (Å²) in [6.07, 6.45) is 5.46. The number of nitrogens with zero attached hydrogens (tertiary/aromatic N) is 4. The molecule has 6 nitrogen and oxygen atoms in total. The Kier molecular flexibility index (Phi) is 5.56. The number of hydrogen-bond donors (Lipinski definition) is 2. The SMILES string of the molecule is Cc1cc([C@@H]2[C@H](c3ccccn3)NC(=S)N2Cc2cccnc2)c(C)n1-c1ccccc1O. The molecule has 0 unspecified atom stereocenters. The van der Waals surface area contributed by atoms with Gasteiger partial charge in [-0.3, -0.25) is 9.97 Å². The van der Waals surface area contributed by atoms with Gasteiger partial charge in [-0.05, 0) is 73.6 Å². The van der Waals surface area contributed by atoms with Gasteiger partial charge in [0, 0.05) is 36.5 Å². The van der Waals surface area contributed by atoms with E-state index in [1.54, 1.807) is 12.3 Å². The predicted molar refractivity (Wildman–Crippen MR) is 132 cm³/mol. The summed E-state index contributed by atoms with van der Waals surface area (Å²) in [4.78, 5) is 11.1. The highest BCUT2D eigenvalue weighted by atomic mass is 32.1. The van der Waals surface area contributed by atoms with E-state index < -0.39 is 0 Å². The third-order valence-electron chi connectivity index (χ3n) is 6.19. The lowest BCUT2D eigenvalue weighted by Gasteiger charge is -2.28. The molecule has 1 aromatic carbocycles. The van der Waals surface area contributed by atoms with Gasteiger partial charge in [0.25, 0.3) is 0 Å². The molecular weight excluding hydrogens is 430 g/mol. The van der Waals surface area contributed by atoms with Crippen LogP contribution >= 0.6 is 12.2 Å². The summed E-state index contributed by atoms with van der Waals surface area (Å²) < 4.78 is 2.10. The first-order chi connectivity index (χ1) is 16.0. The lowest BCUT2D eigenvalue weighted by atomic mass is 9.96. The Morgan fingerprint density at radius 1 is 1.03 bits per heavy atom. The molecule has 7 heteroatoms. The van der Waals surface area contributed by atoms with Crippen LogP contribution in [0.1, 0.15) is 40.3 Å². The predicted octanol–water partition coefficient (Wildman–Crippen LogP) is 4.76. The Balaban J connectivity index is 1.63. The topological polar surface area (TPSA) is 66.2 Å². The molecule has 0 amide bonds. The number of aromatic nitrogens is 3. The molecule has 5 rings (SSSR count). The molecule has 0 bridgehead atoms. The zero-order valence-electron chi connectivity index (χ0n) is 18.5. The van der Waals surface area contributed by atoms with Crippen LogP contribution in [0.5, 0.6) is 5.75 Å². The van der Waals surface area contributed by atoms with E-state index in [0.29, 0.717) is 11.7 Å². The lowest BCUT2D eigenvalue weighted by Crippen LogP contribution is -2.29. The summed E-state index contributed by atoms with van der Waals surface area (Å²) in [5.41, 5.74) is 6.03. The summed E-state index contributed by atoms with van der Waals surface area (Å²) in [6, 6.07) is 19.4. The number of rotatable bonds is 5. The van der Waals surface area contributed by atoms with Crippen LogP contribution in [0.4, 0.5) is 0 Å². The summed E-state index contributed by atoms with van der Waals surface area (Å²) in [7, 11) is 0. The van der Waals surface area contributed by atoms with Crippen LogP contribution < -0.4 is 5.32 Å². The minimum absolute atomic E-state index is 0.0709. The van der Waals surface area contributed by atoms with E-state index in [1.165, 1.54) is 0 Å². The van der Waals surface area contributed by atoms with Crippen molar-refractivity contribution in [1.29, 1.82) is 0 Å². The molecule has 33 heavy (non-hydrogen) atoms. The average Bonchev–Trinajstić information content (AvgIpc) is 3.30. The van der Waals surface area contributed by atoms with Crippen molar-refractivity contribution in [1.82, 2.24) is 24.8 Å². The fourth-order valence-electron chi connectivity index (χ4n) is 4.71. The van der Waals surface area contributed by atoms with Crippen molar-refractivity contribution in [2.75, 3.05) is 0 Å². The number of pyridine rings is 2. The average molecular weight is 456 g/mol. The number of aryl methyl sites for hydroxylation is 1. The Hall–Kier alpha value is -3.71. The summed E-state index contributed by atoms with van der Waals surface area (Å²) in [5, 5.41) is 14.7. The van der Waals surface area contributed by atoms with Gasteiger partial charge in [0.1, 0.15) is 5.75 Å². The molecule has 2 N–H and O–H groups in total. The van der Waals surface area contributed by atoms with Gasteiger partial charge in [-0.2, -0.15) is 0 Å².